The largest absolute Gasteiger partial charge is 0.463 e. The molecule has 0 aromatic heterocycles. The predicted octanol–water partition coefficient (Wildman–Crippen LogP) is 2.09. The first kappa shape index (κ1) is 14.7. The number of esters is 2. The summed E-state index contributed by atoms with van der Waals surface area (Å²) in [5.74, 6) is -0.732. The minimum Gasteiger partial charge on any atom is -0.463 e. The molecule has 0 rings (SSSR count). The Bertz CT molecular complexity index is 243. The van der Waals surface area contributed by atoms with Crippen LogP contribution in [0.15, 0.2) is 12.2 Å². The molecule has 0 aliphatic rings. The lowest BCUT2D eigenvalue weighted by Gasteiger charge is -2.03. The summed E-state index contributed by atoms with van der Waals surface area (Å²) < 4.78 is 9.67. The van der Waals surface area contributed by atoms with E-state index in [1.165, 1.54) is 0 Å². The van der Waals surface area contributed by atoms with Crippen LogP contribution in [-0.2, 0) is 19.1 Å². The van der Waals surface area contributed by atoms with Crippen LogP contribution in [0.4, 0.5) is 0 Å². The number of hydrogen-bond donors (Lipinski definition) is 0. The predicted molar refractivity (Wildman–Crippen MR) is 60.8 cm³/mol. The van der Waals surface area contributed by atoms with Crippen molar-refractivity contribution in [2.45, 2.75) is 33.6 Å². The molecule has 0 amide bonds. The molecule has 0 aliphatic heterocycles. The molecule has 0 aliphatic carbocycles. The van der Waals surface area contributed by atoms with E-state index in [0.29, 0.717) is 13.2 Å². The maximum absolute atomic E-state index is 11.1. The van der Waals surface area contributed by atoms with E-state index in [2.05, 4.69) is 0 Å². The highest BCUT2D eigenvalue weighted by atomic mass is 16.5. The van der Waals surface area contributed by atoms with E-state index in [1.54, 1.807) is 0 Å². The first-order valence-corrected chi connectivity index (χ1v) is 5.57. The Balaban J connectivity index is 3.71. The van der Waals surface area contributed by atoms with Crippen LogP contribution in [0.25, 0.3) is 0 Å². The van der Waals surface area contributed by atoms with E-state index in [9.17, 15) is 9.59 Å². The van der Waals surface area contributed by atoms with Crippen molar-refractivity contribution in [3.63, 3.8) is 0 Å². The number of unbranched alkanes of at least 4 members (excludes halogenated alkanes) is 1. The molecule has 0 N–H and O–H groups in total. The second-order valence-electron chi connectivity index (χ2n) is 3.88. The topological polar surface area (TPSA) is 52.6 Å². The molecule has 92 valence electrons. The van der Waals surface area contributed by atoms with Gasteiger partial charge in [0, 0.05) is 12.2 Å². The molecule has 0 spiro atoms. The van der Waals surface area contributed by atoms with Crippen LogP contribution >= 0.6 is 0 Å². The van der Waals surface area contributed by atoms with Crippen LogP contribution in [-0.4, -0.2) is 25.2 Å². The molecular formula is C12H20O4. The fraction of sp³-hybridized carbons (Fsp3) is 0.667. The Kier molecular flexibility index (Phi) is 8.21. The first-order chi connectivity index (χ1) is 7.56. The molecule has 0 fully saturated rings. The maximum Gasteiger partial charge on any atom is 0.331 e. The lowest BCUT2D eigenvalue weighted by molar-refractivity contribution is -0.141. The third-order valence-corrected chi connectivity index (χ3v) is 1.66. The second kappa shape index (κ2) is 8.95. The second-order valence-corrected chi connectivity index (χ2v) is 3.88. The van der Waals surface area contributed by atoms with E-state index >= 15 is 0 Å². The quantitative estimate of drug-likeness (QED) is 0.380. The average Bonchev–Trinajstić information content (AvgIpc) is 2.24. The summed E-state index contributed by atoms with van der Waals surface area (Å²) in [4.78, 5) is 22.1. The summed E-state index contributed by atoms with van der Waals surface area (Å²) in [7, 11) is 0. The van der Waals surface area contributed by atoms with Crippen LogP contribution in [0.2, 0.25) is 0 Å². The van der Waals surface area contributed by atoms with E-state index in [4.69, 9.17) is 9.47 Å². The van der Waals surface area contributed by atoms with E-state index in [1.807, 2.05) is 20.8 Å². The molecule has 0 aromatic carbocycles. The summed E-state index contributed by atoms with van der Waals surface area (Å²) in [5, 5.41) is 0. The van der Waals surface area contributed by atoms with Gasteiger partial charge in [0.2, 0.25) is 0 Å². The molecule has 4 heteroatoms. The fourth-order valence-corrected chi connectivity index (χ4v) is 0.798. The molecule has 0 saturated carbocycles. The van der Waals surface area contributed by atoms with Crippen LogP contribution in [0.5, 0.6) is 0 Å². The van der Waals surface area contributed by atoms with Crippen LogP contribution < -0.4 is 0 Å². The summed E-state index contributed by atoms with van der Waals surface area (Å²) >= 11 is 0. The molecule has 0 atom stereocenters. The lowest BCUT2D eigenvalue weighted by Crippen LogP contribution is -2.08. The Morgan fingerprint density at radius 2 is 1.69 bits per heavy atom. The third kappa shape index (κ3) is 9.24. The Morgan fingerprint density at radius 3 is 2.19 bits per heavy atom. The van der Waals surface area contributed by atoms with Gasteiger partial charge in [-0.1, -0.05) is 27.2 Å². The molecule has 0 radical (unpaired) electrons. The standard InChI is InChI=1S/C12H20O4/c1-4-5-8-15-11(13)6-7-12(14)16-9-10(2)3/h6-7,10H,4-5,8-9H2,1-3H3/b7-6-. The minimum absolute atomic E-state index is 0.286. The average molecular weight is 228 g/mol. The highest BCUT2D eigenvalue weighted by Gasteiger charge is 2.01. The van der Waals surface area contributed by atoms with Gasteiger partial charge in [0.05, 0.1) is 13.2 Å². The van der Waals surface area contributed by atoms with Gasteiger partial charge in [-0.15, -0.1) is 0 Å². The van der Waals surface area contributed by atoms with Crippen molar-refractivity contribution in [2.75, 3.05) is 13.2 Å². The van der Waals surface area contributed by atoms with Gasteiger partial charge >= 0.3 is 11.9 Å². The molecule has 0 aromatic rings. The summed E-state index contributed by atoms with van der Waals surface area (Å²) in [6, 6.07) is 0. The van der Waals surface area contributed by atoms with Crippen LogP contribution in [0, 0.1) is 5.92 Å². The van der Waals surface area contributed by atoms with Crippen LogP contribution in [0.3, 0.4) is 0 Å². The number of carbonyl (C=O) groups excluding carboxylic acids is 2. The van der Waals surface area contributed by atoms with Crippen molar-refractivity contribution in [3.8, 4) is 0 Å². The number of hydrogen-bond acceptors (Lipinski definition) is 4. The monoisotopic (exact) mass is 228 g/mol. The molecular weight excluding hydrogens is 208 g/mol. The van der Waals surface area contributed by atoms with Crippen molar-refractivity contribution in [3.05, 3.63) is 12.2 Å². The van der Waals surface area contributed by atoms with Crippen molar-refractivity contribution >= 4 is 11.9 Å². The minimum atomic E-state index is -0.513. The molecule has 0 unspecified atom stereocenters. The number of rotatable bonds is 7. The van der Waals surface area contributed by atoms with Gasteiger partial charge in [-0.3, -0.25) is 0 Å². The zero-order chi connectivity index (χ0) is 12.4. The van der Waals surface area contributed by atoms with Gasteiger partial charge in [-0.2, -0.15) is 0 Å². The van der Waals surface area contributed by atoms with Crippen molar-refractivity contribution in [1.82, 2.24) is 0 Å². The molecule has 16 heavy (non-hydrogen) atoms. The Labute approximate surface area is 96.6 Å². The highest BCUT2D eigenvalue weighted by molar-refractivity contribution is 5.91. The van der Waals surface area contributed by atoms with Gasteiger partial charge < -0.3 is 9.47 Å². The zero-order valence-corrected chi connectivity index (χ0v) is 10.2. The van der Waals surface area contributed by atoms with Crippen molar-refractivity contribution in [1.29, 1.82) is 0 Å². The maximum atomic E-state index is 11.1. The van der Waals surface area contributed by atoms with Crippen LogP contribution in [0.1, 0.15) is 33.6 Å². The molecule has 0 bridgehead atoms. The van der Waals surface area contributed by atoms with Crippen molar-refractivity contribution < 1.29 is 19.1 Å². The van der Waals surface area contributed by atoms with Gasteiger partial charge in [0.1, 0.15) is 0 Å². The molecule has 4 nitrogen and oxygen atoms in total. The SMILES string of the molecule is CCCCOC(=O)/C=C\C(=O)OCC(C)C. The van der Waals surface area contributed by atoms with Gasteiger partial charge in [0.15, 0.2) is 0 Å². The first-order valence-electron chi connectivity index (χ1n) is 5.57. The van der Waals surface area contributed by atoms with Gasteiger partial charge in [0.25, 0.3) is 0 Å². The molecule has 0 heterocycles. The van der Waals surface area contributed by atoms with Gasteiger partial charge in [-0.25, -0.2) is 9.59 Å². The number of carbonyl (C=O) groups is 2. The molecule has 0 saturated heterocycles. The highest BCUT2D eigenvalue weighted by Crippen LogP contribution is 1.94. The summed E-state index contributed by atoms with van der Waals surface area (Å²) in [6.07, 6.45) is 3.99. The van der Waals surface area contributed by atoms with E-state index in [0.717, 1.165) is 25.0 Å². The van der Waals surface area contributed by atoms with Crippen molar-refractivity contribution in [2.24, 2.45) is 5.92 Å². The lowest BCUT2D eigenvalue weighted by atomic mass is 10.2. The fourth-order valence-electron chi connectivity index (χ4n) is 0.798. The Hall–Kier alpha value is -1.32. The Morgan fingerprint density at radius 1 is 1.12 bits per heavy atom. The number of ether oxygens (including phenoxy) is 2. The van der Waals surface area contributed by atoms with E-state index < -0.39 is 11.9 Å². The summed E-state index contributed by atoms with van der Waals surface area (Å²) in [6.45, 7) is 6.63. The normalized spacial score (nSPS) is 10.8. The zero-order valence-electron chi connectivity index (χ0n) is 10.2. The smallest absolute Gasteiger partial charge is 0.331 e. The van der Waals surface area contributed by atoms with Gasteiger partial charge in [-0.05, 0) is 12.3 Å². The van der Waals surface area contributed by atoms with E-state index in [-0.39, 0.29) is 5.92 Å². The third-order valence-electron chi connectivity index (χ3n) is 1.66. The summed E-state index contributed by atoms with van der Waals surface area (Å²) in [5.41, 5.74) is 0.